The van der Waals surface area contributed by atoms with Gasteiger partial charge in [0.2, 0.25) is 0 Å². The van der Waals surface area contributed by atoms with Crippen molar-refractivity contribution in [1.29, 1.82) is 0 Å². The molecule has 17 heavy (non-hydrogen) atoms. The lowest BCUT2D eigenvalue weighted by Gasteiger charge is -2.32. The maximum atomic E-state index is 11.0. The van der Waals surface area contributed by atoms with Crippen molar-refractivity contribution < 1.29 is 24.5 Å². The maximum absolute atomic E-state index is 11.0. The van der Waals surface area contributed by atoms with E-state index in [0.29, 0.717) is 33.0 Å². The Kier molecular flexibility index (Phi) is 7.86. The van der Waals surface area contributed by atoms with Gasteiger partial charge in [-0.15, -0.1) is 0 Å². The number of aliphatic hydroxyl groups is 1. The molecule has 0 aromatic rings. The van der Waals surface area contributed by atoms with Gasteiger partial charge in [0.05, 0.1) is 33.0 Å². The van der Waals surface area contributed by atoms with Crippen LogP contribution < -0.4 is 0 Å². The highest BCUT2D eigenvalue weighted by Crippen LogP contribution is 2.12. The molecule has 0 rings (SSSR count). The minimum Gasteiger partial charge on any atom is -0.465 e. The summed E-state index contributed by atoms with van der Waals surface area (Å²) in [6.45, 7) is 7.29. The van der Waals surface area contributed by atoms with Crippen LogP contribution in [0.3, 0.4) is 0 Å². The summed E-state index contributed by atoms with van der Waals surface area (Å²) in [5, 5.41) is 17.5. The van der Waals surface area contributed by atoms with Gasteiger partial charge in [0, 0.05) is 12.1 Å². The van der Waals surface area contributed by atoms with Gasteiger partial charge in [-0.25, -0.2) is 4.79 Å². The summed E-state index contributed by atoms with van der Waals surface area (Å²) in [6.07, 6.45) is -0.947. The quantitative estimate of drug-likeness (QED) is 0.622. The van der Waals surface area contributed by atoms with Crippen molar-refractivity contribution in [1.82, 2.24) is 4.90 Å². The van der Waals surface area contributed by atoms with Gasteiger partial charge < -0.3 is 24.6 Å². The third kappa shape index (κ3) is 7.95. The van der Waals surface area contributed by atoms with Gasteiger partial charge in [-0.1, -0.05) is 0 Å². The van der Waals surface area contributed by atoms with Gasteiger partial charge in [-0.3, -0.25) is 0 Å². The molecular formula is C11H23NO5. The molecule has 0 aliphatic rings. The van der Waals surface area contributed by atoms with Crippen molar-refractivity contribution in [2.45, 2.75) is 26.3 Å². The zero-order chi connectivity index (χ0) is 13.3. The SMILES string of the molecule is CC(C)(C)N(CCOCCOCCO)C(=O)O. The van der Waals surface area contributed by atoms with E-state index < -0.39 is 11.6 Å². The predicted molar refractivity (Wildman–Crippen MR) is 63.2 cm³/mol. The van der Waals surface area contributed by atoms with Gasteiger partial charge >= 0.3 is 6.09 Å². The Morgan fingerprint density at radius 2 is 1.65 bits per heavy atom. The second-order valence-corrected chi connectivity index (χ2v) is 4.55. The van der Waals surface area contributed by atoms with Crippen LogP contribution >= 0.6 is 0 Å². The van der Waals surface area contributed by atoms with Gasteiger partial charge in [-0.2, -0.15) is 0 Å². The fraction of sp³-hybridized carbons (Fsp3) is 0.909. The number of amides is 1. The molecule has 0 atom stereocenters. The lowest BCUT2D eigenvalue weighted by atomic mass is 10.1. The predicted octanol–water partition coefficient (Wildman–Crippen LogP) is 0.790. The zero-order valence-corrected chi connectivity index (χ0v) is 10.8. The summed E-state index contributed by atoms with van der Waals surface area (Å²) in [4.78, 5) is 12.3. The van der Waals surface area contributed by atoms with E-state index in [0.717, 1.165) is 0 Å². The first kappa shape index (κ1) is 16.1. The van der Waals surface area contributed by atoms with Crippen molar-refractivity contribution >= 4 is 6.09 Å². The van der Waals surface area contributed by atoms with Gasteiger partial charge in [0.15, 0.2) is 0 Å². The molecule has 0 aromatic carbocycles. The van der Waals surface area contributed by atoms with Crippen LogP contribution in [0.15, 0.2) is 0 Å². The number of hydrogen-bond donors (Lipinski definition) is 2. The molecular weight excluding hydrogens is 226 g/mol. The Balaban J connectivity index is 3.67. The highest BCUT2D eigenvalue weighted by Gasteiger charge is 2.25. The van der Waals surface area contributed by atoms with Gasteiger partial charge in [0.1, 0.15) is 0 Å². The average molecular weight is 249 g/mol. The molecule has 0 heterocycles. The summed E-state index contributed by atoms with van der Waals surface area (Å²) < 4.78 is 10.2. The first-order valence-electron chi connectivity index (χ1n) is 5.66. The number of carboxylic acid groups (broad SMARTS) is 1. The molecule has 1 amide bonds. The van der Waals surface area contributed by atoms with Crippen molar-refractivity contribution in [3.05, 3.63) is 0 Å². The molecule has 0 radical (unpaired) electrons. The molecule has 0 bridgehead atoms. The Morgan fingerprint density at radius 1 is 1.12 bits per heavy atom. The molecule has 0 aliphatic carbocycles. The molecule has 0 spiro atoms. The van der Waals surface area contributed by atoms with Crippen molar-refractivity contribution in [3.63, 3.8) is 0 Å². The number of ether oxygens (including phenoxy) is 2. The molecule has 0 saturated carbocycles. The minimum absolute atomic E-state index is 0.00316. The Labute approximate surface area is 102 Å². The van der Waals surface area contributed by atoms with Crippen LogP contribution in [0.4, 0.5) is 4.79 Å². The Hall–Kier alpha value is -0.850. The van der Waals surface area contributed by atoms with E-state index in [1.54, 1.807) is 0 Å². The number of rotatable bonds is 8. The van der Waals surface area contributed by atoms with Crippen LogP contribution in [0.25, 0.3) is 0 Å². The van der Waals surface area contributed by atoms with Crippen LogP contribution in [0.1, 0.15) is 20.8 Å². The van der Waals surface area contributed by atoms with Crippen LogP contribution in [0.2, 0.25) is 0 Å². The molecule has 6 heteroatoms. The van der Waals surface area contributed by atoms with E-state index in [-0.39, 0.29) is 6.61 Å². The van der Waals surface area contributed by atoms with Crippen LogP contribution in [0, 0.1) is 0 Å². The Morgan fingerprint density at radius 3 is 2.06 bits per heavy atom. The van der Waals surface area contributed by atoms with Crippen LogP contribution in [-0.4, -0.2) is 66.3 Å². The lowest BCUT2D eigenvalue weighted by Crippen LogP contribution is -2.46. The third-order valence-electron chi connectivity index (χ3n) is 2.11. The molecule has 0 saturated heterocycles. The summed E-state index contributed by atoms with van der Waals surface area (Å²) in [5.41, 5.74) is -0.428. The molecule has 2 N–H and O–H groups in total. The topological polar surface area (TPSA) is 79.2 Å². The van der Waals surface area contributed by atoms with Crippen molar-refractivity contribution in [3.8, 4) is 0 Å². The number of nitrogens with zero attached hydrogens (tertiary/aromatic N) is 1. The van der Waals surface area contributed by atoms with Crippen molar-refractivity contribution in [2.24, 2.45) is 0 Å². The van der Waals surface area contributed by atoms with Crippen molar-refractivity contribution in [2.75, 3.05) is 39.6 Å². The first-order chi connectivity index (χ1) is 7.89. The summed E-state index contributed by atoms with van der Waals surface area (Å²) in [6, 6.07) is 0. The molecule has 102 valence electrons. The van der Waals surface area contributed by atoms with E-state index in [9.17, 15) is 4.79 Å². The van der Waals surface area contributed by atoms with Crippen LogP contribution in [-0.2, 0) is 9.47 Å². The molecule has 6 nitrogen and oxygen atoms in total. The van der Waals surface area contributed by atoms with Crippen LogP contribution in [0.5, 0.6) is 0 Å². The highest BCUT2D eigenvalue weighted by atomic mass is 16.5. The van der Waals surface area contributed by atoms with Gasteiger partial charge in [-0.05, 0) is 20.8 Å². The van der Waals surface area contributed by atoms with E-state index in [2.05, 4.69) is 0 Å². The molecule has 0 unspecified atom stereocenters. The average Bonchev–Trinajstić information content (AvgIpc) is 2.19. The first-order valence-corrected chi connectivity index (χ1v) is 5.66. The van der Waals surface area contributed by atoms with E-state index >= 15 is 0 Å². The van der Waals surface area contributed by atoms with E-state index in [4.69, 9.17) is 19.7 Å². The number of hydrogen-bond acceptors (Lipinski definition) is 4. The largest absolute Gasteiger partial charge is 0.465 e. The standard InChI is InChI=1S/C11H23NO5/c1-11(2,3)12(10(14)15)4-6-16-8-9-17-7-5-13/h13H,4-9H2,1-3H3,(H,14,15). The van der Waals surface area contributed by atoms with E-state index in [1.807, 2.05) is 20.8 Å². The minimum atomic E-state index is -0.947. The number of aliphatic hydroxyl groups excluding tert-OH is 1. The number of carbonyl (C=O) groups is 1. The maximum Gasteiger partial charge on any atom is 0.407 e. The Bertz CT molecular complexity index is 214. The third-order valence-corrected chi connectivity index (χ3v) is 2.11. The summed E-state index contributed by atoms with van der Waals surface area (Å²) in [5.74, 6) is 0. The summed E-state index contributed by atoms with van der Waals surface area (Å²) >= 11 is 0. The highest BCUT2D eigenvalue weighted by molar-refractivity contribution is 5.65. The summed E-state index contributed by atoms with van der Waals surface area (Å²) in [7, 11) is 0. The normalized spacial score (nSPS) is 11.5. The zero-order valence-electron chi connectivity index (χ0n) is 10.8. The fourth-order valence-electron chi connectivity index (χ4n) is 1.26. The smallest absolute Gasteiger partial charge is 0.407 e. The van der Waals surface area contributed by atoms with E-state index in [1.165, 1.54) is 4.90 Å². The molecule has 0 fully saturated rings. The fourth-order valence-corrected chi connectivity index (χ4v) is 1.26. The second kappa shape index (κ2) is 8.27. The molecule has 0 aliphatic heterocycles. The monoisotopic (exact) mass is 249 g/mol. The lowest BCUT2D eigenvalue weighted by molar-refractivity contribution is 0.0188. The second-order valence-electron chi connectivity index (χ2n) is 4.55. The molecule has 0 aromatic heterocycles. The van der Waals surface area contributed by atoms with Gasteiger partial charge in [0.25, 0.3) is 0 Å².